The normalized spacial score (nSPS) is 12.3. The summed E-state index contributed by atoms with van der Waals surface area (Å²) in [5, 5.41) is 3.25. The second-order valence-electron chi connectivity index (χ2n) is 5.04. The standard InChI is InChI=1S/C12H20F2N2O2/c1-12(2,3)16-7-11-15-6-9(18-11)4-5-17-8-10(13)14/h6,10,16H,4-5,7-8H2,1-3H3. The van der Waals surface area contributed by atoms with Crippen molar-refractivity contribution in [1.29, 1.82) is 0 Å². The largest absolute Gasteiger partial charge is 0.444 e. The number of alkyl halides is 2. The molecule has 0 saturated heterocycles. The van der Waals surface area contributed by atoms with Crippen LogP contribution in [0.1, 0.15) is 32.4 Å². The molecule has 0 aliphatic rings. The van der Waals surface area contributed by atoms with E-state index in [1.54, 1.807) is 6.20 Å². The molecule has 6 heteroatoms. The zero-order valence-corrected chi connectivity index (χ0v) is 11.0. The van der Waals surface area contributed by atoms with E-state index in [9.17, 15) is 8.78 Å². The van der Waals surface area contributed by atoms with Gasteiger partial charge in [-0.1, -0.05) is 0 Å². The van der Waals surface area contributed by atoms with Gasteiger partial charge in [-0.3, -0.25) is 0 Å². The van der Waals surface area contributed by atoms with Crippen molar-refractivity contribution in [2.24, 2.45) is 0 Å². The van der Waals surface area contributed by atoms with Crippen LogP contribution in [0.5, 0.6) is 0 Å². The SMILES string of the molecule is CC(C)(C)NCc1ncc(CCOCC(F)F)o1. The average molecular weight is 262 g/mol. The maximum absolute atomic E-state index is 11.8. The molecule has 104 valence electrons. The van der Waals surface area contributed by atoms with Crippen LogP contribution in [0.2, 0.25) is 0 Å². The van der Waals surface area contributed by atoms with E-state index >= 15 is 0 Å². The van der Waals surface area contributed by atoms with Gasteiger partial charge in [0, 0.05) is 12.0 Å². The number of nitrogens with zero attached hydrogens (tertiary/aromatic N) is 1. The van der Waals surface area contributed by atoms with Crippen molar-refractivity contribution in [3.05, 3.63) is 17.8 Å². The minimum atomic E-state index is -2.42. The molecule has 0 aliphatic carbocycles. The summed E-state index contributed by atoms with van der Waals surface area (Å²) < 4.78 is 33.8. The Bertz CT molecular complexity index is 348. The minimum absolute atomic E-state index is 0.00495. The van der Waals surface area contributed by atoms with E-state index < -0.39 is 13.0 Å². The summed E-state index contributed by atoms with van der Waals surface area (Å²) >= 11 is 0. The van der Waals surface area contributed by atoms with Crippen molar-refractivity contribution in [2.75, 3.05) is 13.2 Å². The lowest BCUT2D eigenvalue weighted by Gasteiger charge is -2.18. The van der Waals surface area contributed by atoms with E-state index in [0.29, 0.717) is 24.6 Å². The fourth-order valence-corrected chi connectivity index (χ4v) is 1.23. The highest BCUT2D eigenvalue weighted by atomic mass is 19.3. The number of halogens is 2. The number of oxazole rings is 1. The van der Waals surface area contributed by atoms with Crippen molar-refractivity contribution in [1.82, 2.24) is 10.3 Å². The van der Waals surface area contributed by atoms with Gasteiger partial charge in [0.15, 0.2) is 0 Å². The molecule has 0 fully saturated rings. The Hall–Kier alpha value is -1.01. The third-order valence-corrected chi connectivity index (χ3v) is 2.11. The molecule has 0 unspecified atom stereocenters. The number of nitrogens with one attached hydrogen (secondary N) is 1. The highest BCUT2D eigenvalue weighted by molar-refractivity contribution is 4.94. The molecule has 0 saturated carbocycles. The van der Waals surface area contributed by atoms with Crippen LogP contribution in [0.25, 0.3) is 0 Å². The lowest BCUT2D eigenvalue weighted by atomic mass is 10.1. The number of hydrogen-bond acceptors (Lipinski definition) is 4. The van der Waals surface area contributed by atoms with E-state index in [4.69, 9.17) is 9.15 Å². The van der Waals surface area contributed by atoms with Crippen LogP contribution in [0.4, 0.5) is 8.78 Å². The van der Waals surface area contributed by atoms with E-state index in [0.717, 1.165) is 0 Å². The van der Waals surface area contributed by atoms with Gasteiger partial charge in [-0.15, -0.1) is 0 Å². The summed E-state index contributed by atoms with van der Waals surface area (Å²) in [4.78, 5) is 4.10. The zero-order valence-electron chi connectivity index (χ0n) is 11.0. The van der Waals surface area contributed by atoms with Crippen LogP contribution in [-0.2, 0) is 17.7 Å². The topological polar surface area (TPSA) is 47.3 Å². The summed E-state index contributed by atoms with van der Waals surface area (Å²) in [7, 11) is 0. The van der Waals surface area contributed by atoms with Crippen LogP contribution >= 0.6 is 0 Å². The van der Waals surface area contributed by atoms with Crippen molar-refractivity contribution >= 4 is 0 Å². The Morgan fingerprint density at radius 2 is 2.17 bits per heavy atom. The molecule has 1 N–H and O–H groups in total. The van der Waals surface area contributed by atoms with Gasteiger partial charge in [0.05, 0.1) is 19.3 Å². The number of ether oxygens (including phenoxy) is 1. The fourth-order valence-electron chi connectivity index (χ4n) is 1.23. The summed E-state index contributed by atoms with van der Waals surface area (Å²) in [5.41, 5.74) is -0.00495. The van der Waals surface area contributed by atoms with Crippen molar-refractivity contribution < 1.29 is 17.9 Å². The Labute approximate surface area is 106 Å². The quantitative estimate of drug-likeness (QED) is 0.766. The lowest BCUT2D eigenvalue weighted by Crippen LogP contribution is -2.35. The maximum atomic E-state index is 11.8. The molecule has 1 rings (SSSR count). The van der Waals surface area contributed by atoms with Gasteiger partial charge in [-0.05, 0) is 20.8 Å². The predicted octanol–water partition coefficient (Wildman–Crippen LogP) is 2.39. The first-order valence-corrected chi connectivity index (χ1v) is 5.91. The number of aromatic nitrogens is 1. The summed E-state index contributed by atoms with van der Waals surface area (Å²) in [6, 6.07) is 0. The molecule has 1 aromatic heterocycles. The Kier molecular flexibility index (Phi) is 5.68. The van der Waals surface area contributed by atoms with Crippen molar-refractivity contribution in [2.45, 2.75) is 45.7 Å². The summed E-state index contributed by atoms with van der Waals surface area (Å²) in [6.07, 6.45) is -0.369. The second kappa shape index (κ2) is 6.80. The first-order valence-electron chi connectivity index (χ1n) is 5.91. The molecule has 0 spiro atoms. The van der Waals surface area contributed by atoms with Gasteiger partial charge in [0.25, 0.3) is 6.43 Å². The molecule has 18 heavy (non-hydrogen) atoms. The summed E-state index contributed by atoms with van der Waals surface area (Å²) in [6.45, 7) is 6.37. The van der Waals surface area contributed by atoms with E-state index in [1.807, 2.05) is 0 Å². The van der Waals surface area contributed by atoms with Gasteiger partial charge >= 0.3 is 0 Å². The summed E-state index contributed by atoms with van der Waals surface area (Å²) in [5.74, 6) is 1.24. The average Bonchev–Trinajstić information content (AvgIpc) is 2.68. The third kappa shape index (κ3) is 6.66. The molecule has 0 radical (unpaired) electrons. The maximum Gasteiger partial charge on any atom is 0.261 e. The molecule has 0 aliphatic heterocycles. The van der Waals surface area contributed by atoms with E-state index in [1.165, 1.54) is 0 Å². The first kappa shape index (κ1) is 15.0. The highest BCUT2D eigenvalue weighted by Gasteiger charge is 2.11. The number of hydrogen-bond donors (Lipinski definition) is 1. The molecule has 0 bridgehead atoms. The van der Waals surface area contributed by atoms with Crippen molar-refractivity contribution in [3.63, 3.8) is 0 Å². The second-order valence-corrected chi connectivity index (χ2v) is 5.04. The van der Waals surface area contributed by atoms with Gasteiger partial charge in [-0.25, -0.2) is 13.8 Å². The molecule has 0 aromatic carbocycles. The van der Waals surface area contributed by atoms with Crippen LogP contribution in [-0.4, -0.2) is 30.2 Å². The lowest BCUT2D eigenvalue weighted by molar-refractivity contribution is 0.0176. The molecule has 0 amide bonds. The Morgan fingerprint density at radius 1 is 1.44 bits per heavy atom. The van der Waals surface area contributed by atoms with Crippen LogP contribution in [0.3, 0.4) is 0 Å². The van der Waals surface area contributed by atoms with Crippen LogP contribution in [0, 0.1) is 0 Å². The smallest absolute Gasteiger partial charge is 0.261 e. The van der Waals surface area contributed by atoms with Crippen LogP contribution in [0.15, 0.2) is 10.6 Å². The Balaban J connectivity index is 2.26. The molecule has 1 heterocycles. The Morgan fingerprint density at radius 3 is 2.78 bits per heavy atom. The first-order chi connectivity index (χ1) is 8.37. The van der Waals surface area contributed by atoms with Crippen LogP contribution < -0.4 is 5.32 Å². The van der Waals surface area contributed by atoms with Gasteiger partial charge < -0.3 is 14.5 Å². The zero-order chi connectivity index (χ0) is 13.6. The predicted molar refractivity (Wildman–Crippen MR) is 63.6 cm³/mol. The molecular weight excluding hydrogens is 242 g/mol. The fraction of sp³-hybridized carbons (Fsp3) is 0.750. The number of rotatable bonds is 7. The monoisotopic (exact) mass is 262 g/mol. The third-order valence-electron chi connectivity index (χ3n) is 2.11. The molecule has 4 nitrogen and oxygen atoms in total. The molecule has 1 aromatic rings. The van der Waals surface area contributed by atoms with Gasteiger partial charge in [-0.2, -0.15) is 0 Å². The molecular formula is C12H20F2N2O2. The van der Waals surface area contributed by atoms with Crippen molar-refractivity contribution in [3.8, 4) is 0 Å². The van der Waals surface area contributed by atoms with Gasteiger partial charge in [0.2, 0.25) is 5.89 Å². The van der Waals surface area contributed by atoms with Gasteiger partial charge in [0.1, 0.15) is 12.4 Å². The van der Waals surface area contributed by atoms with E-state index in [2.05, 4.69) is 31.1 Å². The van der Waals surface area contributed by atoms with E-state index in [-0.39, 0.29) is 12.1 Å². The highest BCUT2D eigenvalue weighted by Crippen LogP contribution is 2.07. The minimum Gasteiger partial charge on any atom is -0.444 e. The molecule has 0 atom stereocenters.